The topological polar surface area (TPSA) is 347 Å². The fraction of sp³-hybridized carbons (Fsp3) is 0.250. The standard InChI is InChI=1S/C116H104O30/c1-126-113-100(129-69-77-45-19-4-20-46-77)96(128-68-76-43-17-3-18-44-76)92(127-67-75-41-15-2-16-42-75)88(135-113)72-133-115-103(146-112(125)87-65-39-14-40-66-87)99(144-110(123)85-61-35-12-36-62-85)95(141-107(120)82-55-29-9-30-56-82)91(138-115)73-132-114-101(130-70-78-47-21-5-22-48-78)97(142-108(121)83-57-31-10-32-58-83)93(139-105(118)80-51-25-7-26-52-80)90(136-114)74-134-116-102(145-111(124)86-63-37-13-38-64-86)98(143-109(122)84-59-33-11-34-60-84)94(140-106(119)81-53-27-8-28-54-81)89(137-116)71-131-104(117)79-49-23-6-24-50-79/h2-66,88-103,113-116H,67-74H2,1H3/t88-,89-,90-,91-,92-,93-,94-,95-,96+,97+,98+,99+,100-,101-,102-,103-,113+,114+,115-,116-/m1/s1. The van der Waals surface area contributed by atoms with Crippen molar-refractivity contribution in [2.75, 3.05) is 33.5 Å². The highest BCUT2D eigenvalue weighted by Gasteiger charge is 2.60. The summed E-state index contributed by atoms with van der Waals surface area (Å²) >= 11 is 0. The van der Waals surface area contributed by atoms with E-state index in [-0.39, 0.29) is 76.5 Å². The first-order chi connectivity index (χ1) is 71.6. The van der Waals surface area contributed by atoms with Crippen molar-refractivity contribution in [1.29, 1.82) is 0 Å². The molecule has 0 bridgehead atoms. The third kappa shape index (κ3) is 27.0. The summed E-state index contributed by atoms with van der Waals surface area (Å²) in [5.41, 5.74) is 2.83. The number of methoxy groups -OCH3 is 1. The first-order valence-corrected chi connectivity index (χ1v) is 47.5. The van der Waals surface area contributed by atoms with Crippen LogP contribution in [0.2, 0.25) is 0 Å². The summed E-state index contributed by atoms with van der Waals surface area (Å²) in [6.07, 6.45) is -34.8. The van der Waals surface area contributed by atoms with Gasteiger partial charge in [0.05, 0.1) is 96.3 Å². The van der Waals surface area contributed by atoms with Crippen molar-refractivity contribution < 1.29 is 143 Å². The molecule has 30 nitrogen and oxygen atoms in total. The fourth-order valence-corrected chi connectivity index (χ4v) is 17.0. The van der Waals surface area contributed by atoms with Crippen LogP contribution in [-0.4, -0.2) is 210 Å². The van der Waals surface area contributed by atoms with Gasteiger partial charge in [-0.15, -0.1) is 0 Å². The molecule has 0 N–H and O–H groups in total. The summed E-state index contributed by atoms with van der Waals surface area (Å²) < 4.78 is 143. The number of rotatable bonds is 41. The third-order valence-electron chi connectivity index (χ3n) is 24.4. The summed E-state index contributed by atoms with van der Waals surface area (Å²) in [7, 11) is 1.44. The SMILES string of the molecule is CO[C@H]1O[C@H](CO[C@@H]2O[C@H](CO[C@H]3O[C@H](CO[C@@H]4O[C@H](COC(=O)c5ccccc5)[C@@H](OC(=O)c5ccccc5)[C@H](OC(=O)c5ccccc5)[C@H]4OC(=O)c4ccccc4)[C@@H](OC(=O)c4ccccc4)[C@H](OC(=O)c4ccccc4)[C@H]3OCc3ccccc3)[C@@H](OC(=O)c3ccccc3)[C@H](OC(=O)c3ccccc3)[C@H]2OC(=O)c2ccccc2)[C@@H](OCc2ccccc2)[C@H](OCc2ccccc2)[C@H]1OCc1ccccc1. The quantitative estimate of drug-likeness (QED) is 0.0254. The summed E-state index contributed by atoms with van der Waals surface area (Å²) in [5, 5.41) is 0. The first kappa shape index (κ1) is 102. The largest absolute Gasteiger partial charge is 0.459 e. The molecular weight excluding hydrogens is 1870 g/mol. The number of esters is 9. The molecule has 0 aliphatic carbocycles. The maximum Gasteiger partial charge on any atom is 0.338 e. The maximum absolute atomic E-state index is 15.5. The van der Waals surface area contributed by atoms with E-state index in [1.807, 2.05) is 91.0 Å². The number of benzene rings is 13. The number of hydrogen-bond donors (Lipinski definition) is 0. The molecule has 4 heterocycles. The van der Waals surface area contributed by atoms with Crippen LogP contribution in [0.15, 0.2) is 394 Å². The molecule has 146 heavy (non-hydrogen) atoms. The van der Waals surface area contributed by atoms with Crippen molar-refractivity contribution in [3.05, 3.63) is 467 Å². The van der Waals surface area contributed by atoms with E-state index in [1.165, 1.54) is 116 Å². The Hall–Kier alpha value is -15.4. The molecule has 4 aliphatic rings. The molecule has 0 amide bonds. The molecule has 0 spiro atoms. The molecule has 13 aromatic rings. The summed E-state index contributed by atoms with van der Waals surface area (Å²) in [6, 6.07) is 107. The van der Waals surface area contributed by atoms with Crippen LogP contribution in [-0.2, 0) is 126 Å². The Morgan fingerprint density at radius 2 is 0.356 bits per heavy atom. The summed E-state index contributed by atoms with van der Waals surface area (Å²) in [5.74, 6) is -9.08. The molecule has 4 fully saturated rings. The molecule has 0 radical (unpaired) electrons. The smallest absolute Gasteiger partial charge is 0.338 e. The lowest BCUT2D eigenvalue weighted by Crippen LogP contribution is -2.66. The maximum atomic E-state index is 15.5. The highest BCUT2D eigenvalue weighted by Crippen LogP contribution is 2.40. The molecule has 0 unspecified atom stereocenters. The Bertz CT molecular complexity index is 6350. The molecular formula is C116H104O30. The minimum Gasteiger partial charge on any atom is -0.459 e. The Labute approximate surface area is 841 Å². The third-order valence-corrected chi connectivity index (χ3v) is 24.4. The van der Waals surface area contributed by atoms with Crippen LogP contribution in [0.1, 0.15) is 115 Å². The highest BCUT2D eigenvalue weighted by atomic mass is 16.8. The van der Waals surface area contributed by atoms with Crippen molar-refractivity contribution in [3.8, 4) is 0 Å². The van der Waals surface area contributed by atoms with Crippen molar-refractivity contribution in [3.63, 3.8) is 0 Å². The Kier molecular flexibility index (Phi) is 35.8. The van der Waals surface area contributed by atoms with Crippen LogP contribution >= 0.6 is 0 Å². The Morgan fingerprint density at radius 3 is 0.610 bits per heavy atom. The predicted octanol–water partition coefficient (Wildman–Crippen LogP) is 16.6. The van der Waals surface area contributed by atoms with Gasteiger partial charge in [-0.2, -0.15) is 0 Å². The van der Waals surface area contributed by atoms with Gasteiger partial charge in [-0.25, -0.2) is 43.2 Å². The van der Waals surface area contributed by atoms with Crippen LogP contribution in [0.25, 0.3) is 0 Å². The van der Waals surface area contributed by atoms with E-state index in [1.54, 1.807) is 194 Å². The van der Waals surface area contributed by atoms with E-state index in [0.717, 1.165) is 16.7 Å². The Balaban J connectivity index is 0.803. The Morgan fingerprint density at radius 1 is 0.178 bits per heavy atom. The molecule has 4 saturated heterocycles. The zero-order valence-electron chi connectivity index (χ0n) is 79.0. The van der Waals surface area contributed by atoms with Crippen LogP contribution in [0, 0.1) is 0 Å². The van der Waals surface area contributed by atoms with Gasteiger partial charge in [-0.1, -0.05) is 285 Å². The van der Waals surface area contributed by atoms with Gasteiger partial charge < -0.3 is 99.5 Å². The average Bonchev–Trinajstić information content (AvgIpc) is 0.768. The lowest BCUT2D eigenvalue weighted by atomic mass is 9.96. The normalized spacial score (nSPS) is 23.7. The molecule has 0 aromatic heterocycles. The van der Waals surface area contributed by atoms with Crippen molar-refractivity contribution in [2.45, 2.75) is 149 Å². The zero-order chi connectivity index (χ0) is 101. The molecule has 17 rings (SSSR count). The van der Waals surface area contributed by atoms with Gasteiger partial charge >= 0.3 is 53.7 Å². The van der Waals surface area contributed by atoms with Crippen molar-refractivity contribution >= 4 is 53.7 Å². The number of hydrogen-bond acceptors (Lipinski definition) is 30. The molecule has 4 aliphatic heterocycles. The van der Waals surface area contributed by atoms with Crippen LogP contribution in [0.5, 0.6) is 0 Å². The number of carbonyl (C=O) groups excluding carboxylic acids is 9. The van der Waals surface area contributed by atoms with Crippen molar-refractivity contribution in [2.24, 2.45) is 0 Å². The van der Waals surface area contributed by atoms with E-state index in [2.05, 4.69) is 0 Å². The number of carbonyl (C=O) groups is 9. The predicted molar refractivity (Wildman–Crippen MR) is 521 cm³/mol. The second kappa shape index (κ2) is 51.2. The van der Waals surface area contributed by atoms with Gasteiger partial charge in [0.15, 0.2) is 74.0 Å². The molecule has 30 heteroatoms. The van der Waals surface area contributed by atoms with Gasteiger partial charge in [0, 0.05) is 7.11 Å². The zero-order valence-corrected chi connectivity index (χ0v) is 79.0. The van der Waals surface area contributed by atoms with Crippen LogP contribution in [0.3, 0.4) is 0 Å². The minimum absolute atomic E-state index is 0.00289. The molecule has 20 atom stereocenters. The van der Waals surface area contributed by atoms with E-state index >= 15 is 33.6 Å². The lowest BCUT2D eigenvalue weighted by molar-refractivity contribution is -0.352. The molecule has 0 saturated carbocycles. The van der Waals surface area contributed by atoms with Gasteiger partial charge in [0.2, 0.25) is 0 Å². The summed E-state index contributed by atoms with van der Waals surface area (Å²) in [6.45, 7) is -3.50. The van der Waals surface area contributed by atoms with Gasteiger partial charge in [0.1, 0.15) is 55.4 Å². The van der Waals surface area contributed by atoms with E-state index in [4.69, 9.17) is 99.5 Å². The second-order valence-electron chi connectivity index (χ2n) is 34.3. The van der Waals surface area contributed by atoms with E-state index < -0.39 is 203 Å². The monoisotopic (exact) mass is 1980 g/mol. The van der Waals surface area contributed by atoms with Crippen molar-refractivity contribution in [1.82, 2.24) is 0 Å². The van der Waals surface area contributed by atoms with Gasteiger partial charge in [-0.05, 0) is 131 Å². The van der Waals surface area contributed by atoms with Gasteiger partial charge in [-0.3, -0.25) is 0 Å². The number of ether oxygens (including phenoxy) is 21. The van der Waals surface area contributed by atoms with E-state index in [0.29, 0.717) is 5.56 Å². The molecule has 748 valence electrons. The van der Waals surface area contributed by atoms with Crippen LogP contribution < -0.4 is 0 Å². The average molecular weight is 1980 g/mol. The second-order valence-corrected chi connectivity index (χ2v) is 34.3. The first-order valence-electron chi connectivity index (χ1n) is 47.5. The summed E-state index contributed by atoms with van der Waals surface area (Å²) in [4.78, 5) is 137. The minimum atomic E-state index is -2.09. The van der Waals surface area contributed by atoms with E-state index in [9.17, 15) is 9.59 Å². The van der Waals surface area contributed by atoms with Gasteiger partial charge in [0.25, 0.3) is 0 Å². The molecule has 13 aromatic carbocycles. The highest BCUT2D eigenvalue weighted by molar-refractivity contribution is 5.94. The fourth-order valence-electron chi connectivity index (χ4n) is 17.0. The lowest BCUT2D eigenvalue weighted by Gasteiger charge is -2.48. The van der Waals surface area contributed by atoms with Crippen LogP contribution in [0.4, 0.5) is 0 Å².